The summed E-state index contributed by atoms with van der Waals surface area (Å²) in [7, 11) is 0. The maximum atomic E-state index is 13.8. The molecule has 0 aliphatic rings. The molecule has 4 heteroatoms. The molecular formula is C17H15F2NO. The summed E-state index contributed by atoms with van der Waals surface area (Å²) in [6.45, 7) is 1.82. The van der Waals surface area contributed by atoms with E-state index in [0.29, 0.717) is 17.3 Å². The normalized spacial score (nSPS) is 11.6. The summed E-state index contributed by atoms with van der Waals surface area (Å²) in [4.78, 5) is 11.7. The molecule has 2 rings (SSSR count). The third kappa shape index (κ3) is 4.24. The summed E-state index contributed by atoms with van der Waals surface area (Å²) in [5, 5.41) is 2.22. The zero-order valence-corrected chi connectivity index (χ0v) is 11.5. The summed E-state index contributed by atoms with van der Waals surface area (Å²) in [5.41, 5.74) is 1.85. The molecule has 0 radical (unpaired) electrons. The molecular weight excluding hydrogens is 272 g/mol. The standard InChI is InChI=1S/C17H15F2NO/c1-13-6-5-9-15(12-13)20-16(21)17(18,19)11-10-14-7-3-2-4-8-14/h2-12H,1H3,(H,20,21)/b11-10+. The predicted octanol–water partition coefficient (Wildman–Crippen LogP) is 4.28. The largest absolute Gasteiger partial charge is 0.343 e. The third-order valence-electron chi connectivity index (χ3n) is 2.86. The lowest BCUT2D eigenvalue weighted by atomic mass is 10.1. The van der Waals surface area contributed by atoms with Gasteiger partial charge in [-0.15, -0.1) is 0 Å². The second kappa shape index (κ2) is 6.31. The van der Waals surface area contributed by atoms with Gasteiger partial charge in [0.2, 0.25) is 0 Å². The summed E-state index contributed by atoms with van der Waals surface area (Å²) in [6, 6.07) is 15.4. The first-order valence-electron chi connectivity index (χ1n) is 6.47. The number of anilines is 1. The molecule has 1 amide bonds. The molecule has 0 unspecified atom stereocenters. The van der Waals surface area contributed by atoms with Crippen LogP contribution in [-0.2, 0) is 4.79 Å². The minimum Gasteiger partial charge on any atom is -0.321 e. The SMILES string of the molecule is Cc1cccc(NC(=O)C(F)(F)/C=C/c2ccccc2)c1. The van der Waals surface area contributed by atoms with Crippen molar-refractivity contribution in [1.82, 2.24) is 0 Å². The minimum atomic E-state index is -3.57. The van der Waals surface area contributed by atoms with Crippen molar-refractivity contribution in [2.75, 3.05) is 5.32 Å². The van der Waals surface area contributed by atoms with Crippen LogP contribution in [0.4, 0.5) is 14.5 Å². The van der Waals surface area contributed by atoms with E-state index in [2.05, 4.69) is 5.32 Å². The molecule has 0 aliphatic carbocycles. The monoisotopic (exact) mass is 287 g/mol. The van der Waals surface area contributed by atoms with Crippen molar-refractivity contribution < 1.29 is 13.6 Å². The van der Waals surface area contributed by atoms with Crippen molar-refractivity contribution in [2.24, 2.45) is 0 Å². The van der Waals surface area contributed by atoms with E-state index in [-0.39, 0.29) is 0 Å². The number of aryl methyl sites for hydroxylation is 1. The summed E-state index contributed by atoms with van der Waals surface area (Å²) in [6.07, 6.45) is 1.84. The van der Waals surface area contributed by atoms with Crippen LogP contribution in [0, 0.1) is 6.92 Å². The van der Waals surface area contributed by atoms with Gasteiger partial charge in [0, 0.05) is 5.69 Å². The second-order valence-electron chi connectivity index (χ2n) is 4.69. The van der Waals surface area contributed by atoms with Gasteiger partial charge < -0.3 is 5.32 Å². The lowest BCUT2D eigenvalue weighted by Gasteiger charge is -2.12. The lowest BCUT2D eigenvalue weighted by molar-refractivity contribution is -0.133. The van der Waals surface area contributed by atoms with Crippen LogP contribution in [0.3, 0.4) is 0 Å². The fraction of sp³-hybridized carbons (Fsp3) is 0.118. The number of halogens is 2. The zero-order valence-electron chi connectivity index (χ0n) is 11.5. The van der Waals surface area contributed by atoms with E-state index in [1.807, 2.05) is 13.0 Å². The first-order valence-corrected chi connectivity index (χ1v) is 6.47. The van der Waals surface area contributed by atoms with Gasteiger partial charge in [-0.25, -0.2) is 0 Å². The maximum absolute atomic E-state index is 13.8. The number of alkyl halides is 2. The number of hydrogen-bond donors (Lipinski definition) is 1. The Hall–Kier alpha value is -2.49. The molecule has 1 N–H and O–H groups in total. The fourth-order valence-electron chi connectivity index (χ4n) is 1.78. The third-order valence-corrected chi connectivity index (χ3v) is 2.86. The highest BCUT2D eigenvalue weighted by Gasteiger charge is 2.35. The molecule has 0 fully saturated rings. The van der Waals surface area contributed by atoms with Crippen molar-refractivity contribution in [3.63, 3.8) is 0 Å². The van der Waals surface area contributed by atoms with E-state index in [4.69, 9.17) is 0 Å². The number of carbonyl (C=O) groups is 1. The van der Waals surface area contributed by atoms with Crippen LogP contribution >= 0.6 is 0 Å². The van der Waals surface area contributed by atoms with Gasteiger partial charge in [-0.3, -0.25) is 4.79 Å². The first kappa shape index (κ1) is 14.9. The van der Waals surface area contributed by atoms with Crippen LogP contribution in [0.2, 0.25) is 0 Å². The molecule has 2 aromatic carbocycles. The Morgan fingerprint density at radius 2 is 1.81 bits per heavy atom. The Labute approximate surface area is 122 Å². The average Bonchev–Trinajstić information content (AvgIpc) is 2.46. The summed E-state index contributed by atoms with van der Waals surface area (Å²) < 4.78 is 27.6. The van der Waals surface area contributed by atoms with Crippen LogP contribution in [0.1, 0.15) is 11.1 Å². The van der Waals surface area contributed by atoms with E-state index in [9.17, 15) is 13.6 Å². The molecule has 2 aromatic rings. The molecule has 0 heterocycles. The maximum Gasteiger partial charge on any atom is 0.343 e. The predicted molar refractivity (Wildman–Crippen MR) is 80.2 cm³/mol. The van der Waals surface area contributed by atoms with Crippen molar-refractivity contribution in [1.29, 1.82) is 0 Å². The lowest BCUT2D eigenvalue weighted by Crippen LogP contribution is -2.32. The van der Waals surface area contributed by atoms with Crippen LogP contribution in [-0.4, -0.2) is 11.8 Å². The van der Waals surface area contributed by atoms with E-state index < -0.39 is 11.8 Å². The van der Waals surface area contributed by atoms with Gasteiger partial charge in [0.1, 0.15) is 0 Å². The highest BCUT2D eigenvalue weighted by molar-refractivity contribution is 5.98. The molecule has 2 nitrogen and oxygen atoms in total. The quantitative estimate of drug-likeness (QED) is 0.893. The number of carbonyl (C=O) groups excluding carboxylic acids is 1. The molecule has 0 spiro atoms. The molecule has 0 aromatic heterocycles. The van der Waals surface area contributed by atoms with E-state index in [0.717, 1.165) is 5.56 Å². The van der Waals surface area contributed by atoms with Crippen molar-refractivity contribution >= 4 is 17.7 Å². The zero-order chi connectivity index (χ0) is 15.3. The number of nitrogens with one attached hydrogen (secondary N) is 1. The number of hydrogen-bond acceptors (Lipinski definition) is 1. The van der Waals surface area contributed by atoms with Gasteiger partial charge >= 0.3 is 5.92 Å². The number of amides is 1. The summed E-state index contributed by atoms with van der Waals surface area (Å²) >= 11 is 0. The van der Waals surface area contributed by atoms with E-state index in [1.165, 1.54) is 6.08 Å². The Morgan fingerprint density at radius 3 is 2.48 bits per heavy atom. The minimum absolute atomic E-state index is 0.354. The van der Waals surface area contributed by atoms with Crippen LogP contribution in [0.5, 0.6) is 0 Å². The highest BCUT2D eigenvalue weighted by atomic mass is 19.3. The van der Waals surface area contributed by atoms with Gasteiger partial charge in [-0.2, -0.15) is 8.78 Å². The fourth-order valence-corrected chi connectivity index (χ4v) is 1.78. The Kier molecular flexibility index (Phi) is 4.48. The first-order chi connectivity index (χ1) is 9.97. The molecule has 21 heavy (non-hydrogen) atoms. The van der Waals surface area contributed by atoms with E-state index in [1.54, 1.807) is 48.5 Å². The molecule has 108 valence electrons. The number of benzene rings is 2. The highest BCUT2D eigenvalue weighted by Crippen LogP contribution is 2.20. The van der Waals surface area contributed by atoms with Crippen LogP contribution < -0.4 is 5.32 Å². The van der Waals surface area contributed by atoms with Crippen molar-refractivity contribution in [3.8, 4) is 0 Å². The Bertz CT molecular complexity index is 651. The second-order valence-corrected chi connectivity index (χ2v) is 4.69. The topological polar surface area (TPSA) is 29.1 Å². The smallest absolute Gasteiger partial charge is 0.321 e. The van der Waals surface area contributed by atoms with E-state index >= 15 is 0 Å². The number of rotatable bonds is 4. The Morgan fingerprint density at radius 1 is 1.10 bits per heavy atom. The van der Waals surface area contributed by atoms with Crippen molar-refractivity contribution in [2.45, 2.75) is 12.8 Å². The van der Waals surface area contributed by atoms with Crippen LogP contribution in [0.25, 0.3) is 6.08 Å². The van der Waals surface area contributed by atoms with Gasteiger partial charge in [-0.1, -0.05) is 48.5 Å². The molecule has 0 saturated carbocycles. The van der Waals surface area contributed by atoms with Gasteiger partial charge in [0.25, 0.3) is 5.91 Å². The summed E-state index contributed by atoms with van der Waals surface area (Å²) in [5.74, 6) is -4.92. The van der Waals surface area contributed by atoms with Gasteiger partial charge in [0.05, 0.1) is 0 Å². The molecule has 0 atom stereocenters. The van der Waals surface area contributed by atoms with Gasteiger partial charge in [-0.05, 0) is 36.3 Å². The molecule has 0 saturated heterocycles. The Balaban J connectivity index is 2.08. The van der Waals surface area contributed by atoms with Crippen molar-refractivity contribution in [3.05, 3.63) is 71.8 Å². The average molecular weight is 287 g/mol. The molecule has 0 bridgehead atoms. The van der Waals surface area contributed by atoms with Gasteiger partial charge in [0.15, 0.2) is 0 Å². The molecule has 0 aliphatic heterocycles. The van der Waals surface area contributed by atoms with Crippen LogP contribution in [0.15, 0.2) is 60.7 Å².